The summed E-state index contributed by atoms with van der Waals surface area (Å²) in [7, 11) is 1.73. The Kier molecular flexibility index (Phi) is 8.85. The van der Waals surface area contributed by atoms with Crippen LogP contribution in [-0.2, 0) is 17.8 Å². The minimum atomic E-state index is 0. The molecule has 0 aliphatic carbocycles. The summed E-state index contributed by atoms with van der Waals surface area (Å²) in [6.07, 6.45) is 1.27. The molecule has 0 bridgehead atoms. The summed E-state index contributed by atoms with van der Waals surface area (Å²) in [6.45, 7) is 1.79. The number of hydrogen-bond donors (Lipinski definition) is 3. The molecule has 1 amide bonds. The summed E-state index contributed by atoms with van der Waals surface area (Å²) in [5.41, 5.74) is 3.11. The maximum Gasteiger partial charge on any atom is 0.224 e. The fraction of sp³-hybridized carbons (Fsp3) is 0.300. The lowest BCUT2D eigenvalue weighted by Gasteiger charge is -2.18. The minimum absolute atomic E-state index is 0. The van der Waals surface area contributed by atoms with Gasteiger partial charge in [-0.3, -0.25) is 9.79 Å². The summed E-state index contributed by atoms with van der Waals surface area (Å²) >= 11 is 5.89. The summed E-state index contributed by atoms with van der Waals surface area (Å²) in [6, 6.07) is 13.4. The summed E-state index contributed by atoms with van der Waals surface area (Å²) in [5.74, 6) is 1.58. The predicted molar refractivity (Wildman–Crippen MR) is 124 cm³/mol. The molecule has 3 rings (SSSR count). The first-order valence-electron chi connectivity index (χ1n) is 8.88. The molecule has 0 unspecified atom stereocenters. The van der Waals surface area contributed by atoms with Gasteiger partial charge in [-0.25, -0.2) is 0 Å². The number of nitrogens with zero attached hydrogens (tertiary/aromatic N) is 1. The van der Waals surface area contributed by atoms with E-state index in [0.717, 1.165) is 34.0 Å². The second kappa shape index (κ2) is 11.1. The second-order valence-corrected chi connectivity index (χ2v) is 6.63. The van der Waals surface area contributed by atoms with Crippen molar-refractivity contribution in [1.29, 1.82) is 0 Å². The van der Waals surface area contributed by atoms with Crippen LogP contribution in [0.2, 0.25) is 5.02 Å². The number of benzene rings is 2. The topological polar surface area (TPSA) is 74.8 Å². The molecule has 2 aromatic rings. The fourth-order valence-electron chi connectivity index (χ4n) is 2.80. The van der Waals surface area contributed by atoms with Gasteiger partial charge in [-0.15, -0.1) is 24.0 Å². The van der Waals surface area contributed by atoms with Gasteiger partial charge < -0.3 is 20.7 Å². The molecule has 0 aromatic heterocycles. The van der Waals surface area contributed by atoms with Crippen LogP contribution < -0.4 is 20.7 Å². The maximum atomic E-state index is 11.4. The van der Waals surface area contributed by atoms with Gasteiger partial charge in [0.1, 0.15) is 12.4 Å². The minimum Gasteiger partial charge on any atom is -0.492 e. The van der Waals surface area contributed by atoms with Crippen LogP contribution in [0.1, 0.15) is 17.5 Å². The highest BCUT2D eigenvalue weighted by Gasteiger charge is 2.14. The number of halogens is 2. The van der Waals surface area contributed by atoms with Crippen LogP contribution in [0, 0.1) is 0 Å². The molecule has 6 nitrogen and oxygen atoms in total. The smallest absolute Gasteiger partial charge is 0.224 e. The number of aryl methyl sites for hydroxylation is 1. The van der Waals surface area contributed by atoms with Crippen LogP contribution in [0.15, 0.2) is 47.5 Å². The lowest BCUT2D eigenvalue weighted by Crippen LogP contribution is -2.38. The van der Waals surface area contributed by atoms with Gasteiger partial charge in [0.15, 0.2) is 5.96 Å². The Morgan fingerprint density at radius 2 is 1.96 bits per heavy atom. The zero-order valence-electron chi connectivity index (χ0n) is 15.6. The first-order chi connectivity index (χ1) is 13.1. The summed E-state index contributed by atoms with van der Waals surface area (Å²) < 4.78 is 5.80. The number of guanidine groups is 1. The summed E-state index contributed by atoms with van der Waals surface area (Å²) in [5, 5.41) is 10.1. The summed E-state index contributed by atoms with van der Waals surface area (Å²) in [4.78, 5) is 15.6. The number of carbonyl (C=O) groups excluding carboxylic acids is 1. The van der Waals surface area contributed by atoms with Crippen molar-refractivity contribution in [2.24, 2.45) is 4.99 Å². The molecule has 8 heteroatoms. The van der Waals surface area contributed by atoms with Gasteiger partial charge in [0.25, 0.3) is 0 Å². The van der Waals surface area contributed by atoms with Gasteiger partial charge in [-0.2, -0.15) is 0 Å². The molecule has 0 saturated carbocycles. The van der Waals surface area contributed by atoms with Crippen molar-refractivity contribution in [3.8, 4) is 5.75 Å². The largest absolute Gasteiger partial charge is 0.492 e. The molecule has 1 aliphatic rings. The van der Waals surface area contributed by atoms with E-state index in [9.17, 15) is 4.79 Å². The average Bonchev–Trinajstić information content (AvgIpc) is 2.68. The molecule has 0 spiro atoms. The Morgan fingerprint density at radius 1 is 1.18 bits per heavy atom. The van der Waals surface area contributed by atoms with E-state index >= 15 is 0 Å². The second-order valence-electron chi connectivity index (χ2n) is 6.19. The van der Waals surface area contributed by atoms with Gasteiger partial charge in [-0.05, 0) is 47.9 Å². The highest BCUT2D eigenvalue weighted by Crippen LogP contribution is 2.26. The SMILES string of the molecule is CN=C(NCCOc1ccc2c(c1)CCC(=O)N2)NCc1ccc(Cl)cc1.I. The van der Waals surface area contributed by atoms with E-state index in [4.69, 9.17) is 16.3 Å². The molecule has 3 N–H and O–H groups in total. The fourth-order valence-corrected chi connectivity index (χ4v) is 2.92. The predicted octanol–water partition coefficient (Wildman–Crippen LogP) is 3.59. The van der Waals surface area contributed by atoms with Crippen LogP contribution in [0.5, 0.6) is 5.75 Å². The van der Waals surface area contributed by atoms with Crippen molar-refractivity contribution in [3.63, 3.8) is 0 Å². The van der Waals surface area contributed by atoms with Crippen LogP contribution in [0.3, 0.4) is 0 Å². The third-order valence-electron chi connectivity index (χ3n) is 4.23. The van der Waals surface area contributed by atoms with Crippen molar-refractivity contribution in [2.75, 3.05) is 25.5 Å². The van der Waals surface area contributed by atoms with Crippen LogP contribution in [0.4, 0.5) is 5.69 Å². The zero-order chi connectivity index (χ0) is 19.1. The molecular weight excluding hydrogens is 491 g/mol. The van der Waals surface area contributed by atoms with Gasteiger partial charge in [-0.1, -0.05) is 23.7 Å². The Morgan fingerprint density at radius 3 is 2.71 bits per heavy atom. The van der Waals surface area contributed by atoms with E-state index in [1.807, 2.05) is 42.5 Å². The van der Waals surface area contributed by atoms with Gasteiger partial charge in [0, 0.05) is 30.7 Å². The molecule has 28 heavy (non-hydrogen) atoms. The molecule has 0 atom stereocenters. The van der Waals surface area contributed by atoms with Gasteiger partial charge in [0.05, 0.1) is 6.54 Å². The van der Waals surface area contributed by atoms with Crippen LogP contribution >= 0.6 is 35.6 Å². The first-order valence-corrected chi connectivity index (χ1v) is 9.26. The molecule has 1 heterocycles. The number of fused-ring (bicyclic) bond motifs is 1. The number of nitrogens with one attached hydrogen (secondary N) is 3. The maximum absolute atomic E-state index is 11.4. The molecule has 2 aromatic carbocycles. The molecule has 0 fully saturated rings. The molecule has 0 radical (unpaired) electrons. The quantitative estimate of drug-likeness (QED) is 0.238. The molecule has 0 saturated heterocycles. The van der Waals surface area contributed by atoms with E-state index in [-0.39, 0.29) is 29.9 Å². The number of aliphatic imine (C=N–C) groups is 1. The Balaban J connectivity index is 0.00000280. The normalized spacial score (nSPS) is 13.1. The third kappa shape index (κ3) is 6.56. The highest BCUT2D eigenvalue weighted by atomic mass is 127. The van der Waals surface area contributed by atoms with E-state index in [2.05, 4.69) is 20.9 Å². The van der Waals surface area contributed by atoms with E-state index in [0.29, 0.717) is 32.1 Å². The average molecular weight is 515 g/mol. The number of rotatable bonds is 6. The molecular formula is C20H24ClIN4O2. The zero-order valence-corrected chi connectivity index (χ0v) is 18.7. The van der Waals surface area contributed by atoms with Crippen molar-refractivity contribution < 1.29 is 9.53 Å². The Hall–Kier alpha value is -2.00. The first kappa shape index (κ1) is 22.3. The lowest BCUT2D eigenvalue weighted by molar-refractivity contribution is -0.116. The monoisotopic (exact) mass is 514 g/mol. The van der Waals surface area contributed by atoms with Gasteiger partial charge in [0.2, 0.25) is 5.91 Å². The Bertz CT molecular complexity index is 827. The van der Waals surface area contributed by atoms with Crippen LogP contribution in [0.25, 0.3) is 0 Å². The Labute approximate surface area is 187 Å². The van der Waals surface area contributed by atoms with E-state index in [1.165, 1.54) is 0 Å². The van der Waals surface area contributed by atoms with Gasteiger partial charge >= 0.3 is 0 Å². The standard InChI is InChI=1S/C20H23ClN4O2.HI/c1-22-20(24-13-14-2-5-16(21)6-3-14)23-10-11-27-17-7-8-18-15(12-17)4-9-19(26)25-18;/h2-3,5-8,12H,4,9-11,13H2,1H3,(H,25,26)(H2,22,23,24);1H. The number of carbonyl (C=O) groups is 1. The number of ether oxygens (including phenoxy) is 1. The number of anilines is 1. The molecule has 150 valence electrons. The van der Waals surface area contributed by atoms with Crippen molar-refractivity contribution in [1.82, 2.24) is 10.6 Å². The number of hydrogen-bond acceptors (Lipinski definition) is 3. The van der Waals surface area contributed by atoms with Crippen molar-refractivity contribution >= 4 is 53.1 Å². The molecule has 1 aliphatic heterocycles. The lowest BCUT2D eigenvalue weighted by atomic mass is 10.0. The van der Waals surface area contributed by atoms with E-state index < -0.39 is 0 Å². The van der Waals surface area contributed by atoms with Crippen molar-refractivity contribution in [3.05, 3.63) is 58.6 Å². The van der Waals surface area contributed by atoms with Crippen molar-refractivity contribution in [2.45, 2.75) is 19.4 Å². The van der Waals surface area contributed by atoms with Crippen LogP contribution in [-0.4, -0.2) is 32.1 Å². The highest BCUT2D eigenvalue weighted by molar-refractivity contribution is 14.0. The van der Waals surface area contributed by atoms with E-state index in [1.54, 1.807) is 7.05 Å². The number of amides is 1. The third-order valence-corrected chi connectivity index (χ3v) is 4.48.